The molecule has 1 unspecified atom stereocenters. The molecule has 4 rings (SSSR count). The second-order valence-corrected chi connectivity index (χ2v) is 10.2. The lowest BCUT2D eigenvalue weighted by Crippen LogP contribution is -2.69. The zero-order valence-electron chi connectivity index (χ0n) is 14.6. The van der Waals surface area contributed by atoms with Crippen LogP contribution in [0.1, 0.15) is 35.2 Å². The molecule has 1 spiro atoms. The Bertz CT molecular complexity index is 781. The molecular weight excluding hydrogens is 338 g/mol. The van der Waals surface area contributed by atoms with Gasteiger partial charge in [-0.05, 0) is 56.8 Å². The summed E-state index contributed by atoms with van der Waals surface area (Å²) in [6.45, 7) is 5.57. The van der Waals surface area contributed by atoms with Gasteiger partial charge in [-0.1, -0.05) is 0 Å². The summed E-state index contributed by atoms with van der Waals surface area (Å²) in [5.74, 6) is 0.304. The van der Waals surface area contributed by atoms with Crippen molar-refractivity contribution in [3.8, 4) is 0 Å². The van der Waals surface area contributed by atoms with E-state index in [0.717, 1.165) is 31.6 Å². The number of pyridine rings is 1. The van der Waals surface area contributed by atoms with Crippen molar-refractivity contribution >= 4 is 15.7 Å². The number of sulfone groups is 1. The Morgan fingerprint density at radius 2 is 2.00 bits per heavy atom. The number of rotatable bonds is 3. The Kier molecular flexibility index (Phi) is 4.11. The highest BCUT2D eigenvalue weighted by Gasteiger charge is 2.62. The Labute approximate surface area is 149 Å². The smallest absolute Gasteiger partial charge is 0.255 e. The third kappa shape index (κ3) is 2.77. The maximum atomic E-state index is 12.7. The number of aryl methyl sites for hydroxylation is 1. The predicted octanol–water partition coefficient (Wildman–Crippen LogP) is 1.12. The van der Waals surface area contributed by atoms with Crippen LogP contribution in [0.3, 0.4) is 0 Å². The summed E-state index contributed by atoms with van der Waals surface area (Å²) in [5, 5.41) is 0. The molecule has 136 valence electrons. The van der Waals surface area contributed by atoms with Crippen LogP contribution in [0.5, 0.6) is 0 Å². The molecule has 3 saturated heterocycles. The first-order chi connectivity index (χ1) is 11.9. The molecule has 4 heterocycles. The van der Waals surface area contributed by atoms with E-state index in [2.05, 4.69) is 9.88 Å². The van der Waals surface area contributed by atoms with Gasteiger partial charge in [0, 0.05) is 32.0 Å². The SMILES string of the molecule is Cc1cncc(C(=O)N2CC3(C2)C(CN2CCCC2)CCS3(=O)=O)c1. The van der Waals surface area contributed by atoms with Gasteiger partial charge in [0.15, 0.2) is 9.84 Å². The zero-order valence-corrected chi connectivity index (χ0v) is 15.5. The van der Waals surface area contributed by atoms with Gasteiger partial charge >= 0.3 is 0 Å². The van der Waals surface area contributed by atoms with E-state index in [-0.39, 0.29) is 17.6 Å². The molecule has 0 aliphatic carbocycles. The average molecular weight is 363 g/mol. The summed E-state index contributed by atoms with van der Waals surface area (Å²) in [4.78, 5) is 20.8. The molecule has 1 aromatic heterocycles. The first-order valence-corrected chi connectivity index (χ1v) is 10.7. The van der Waals surface area contributed by atoms with Crippen molar-refractivity contribution in [1.82, 2.24) is 14.8 Å². The molecular formula is C18H25N3O3S. The van der Waals surface area contributed by atoms with Crippen molar-refractivity contribution < 1.29 is 13.2 Å². The van der Waals surface area contributed by atoms with Crippen molar-refractivity contribution in [3.05, 3.63) is 29.6 Å². The van der Waals surface area contributed by atoms with Crippen LogP contribution in [0.25, 0.3) is 0 Å². The van der Waals surface area contributed by atoms with E-state index in [1.807, 2.05) is 13.0 Å². The van der Waals surface area contributed by atoms with E-state index in [0.29, 0.717) is 18.7 Å². The van der Waals surface area contributed by atoms with Gasteiger partial charge in [-0.25, -0.2) is 8.42 Å². The van der Waals surface area contributed by atoms with Crippen LogP contribution in [0.15, 0.2) is 18.5 Å². The number of aromatic nitrogens is 1. The van der Waals surface area contributed by atoms with E-state index in [9.17, 15) is 13.2 Å². The van der Waals surface area contributed by atoms with Gasteiger partial charge < -0.3 is 9.80 Å². The van der Waals surface area contributed by atoms with Gasteiger partial charge in [0.25, 0.3) is 5.91 Å². The Morgan fingerprint density at radius 1 is 1.28 bits per heavy atom. The molecule has 1 amide bonds. The van der Waals surface area contributed by atoms with Crippen LogP contribution in [-0.2, 0) is 9.84 Å². The maximum absolute atomic E-state index is 12.7. The van der Waals surface area contributed by atoms with E-state index in [4.69, 9.17) is 0 Å². The fourth-order valence-electron chi connectivity index (χ4n) is 4.61. The van der Waals surface area contributed by atoms with Crippen molar-refractivity contribution in [1.29, 1.82) is 0 Å². The van der Waals surface area contributed by atoms with Gasteiger partial charge in [-0.2, -0.15) is 0 Å². The molecule has 7 heteroatoms. The molecule has 3 aliphatic heterocycles. The third-order valence-corrected chi connectivity index (χ3v) is 8.71. The minimum absolute atomic E-state index is 0.108. The zero-order chi connectivity index (χ0) is 17.7. The number of hydrogen-bond donors (Lipinski definition) is 0. The summed E-state index contributed by atoms with van der Waals surface area (Å²) in [6.07, 6.45) is 6.41. The van der Waals surface area contributed by atoms with Crippen LogP contribution in [0, 0.1) is 12.8 Å². The fourth-order valence-corrected chi connectivity index (χ4v) is 7.01. The second-order valence-electron chi connectivity index (χ2n) is 7.79. The number of likely N-dealkylation sites (tertiary alicyclic amines) is 2. The summed E-state index contributed by atoms with van der Waals surface area (Å²) >= 11 is 0. The first-order valence-electron chi connectivity index (χ1n) is 9.07. The van der Waals surface area contributed by atoms with Crippen molar-refractivity contribution in [2.45, 2.75) is 30.9 Å². The normalized spacial score (nSPS) is 27.6. The lowest BCUT2D eigenvalue weighted by atomic mass is 9.82. The summed E-state index contributed by atoms with van der Waals surface area (Å²) in [7, 11) is -3.13. The minimum atomic E-state index is -3.13. The first kappa shape index (κ1) is 17.0. The van der Waals surface area contributed by atoms with Gasteiger partial charge in [0.1, 0.15) is 4.75 Å². The quantitative estimate of drug-likeness (QED) is 0.805. The van der Waals surface area contributed by atoms with E-state index in [1.165, 1.54) is 12.8 Å². The number of nitrogens with zero attached hydrogens (tertiary/aromatic N) is 3. The topological polar surface area (TPSA) is 70.6 Å². The standard InChI is InChI=1S/C18H25N3O3S/c1-14-8-15(10-19-9-14)17(22)21-12-18(13-21)16(4-7-25(18,23)24)11-20-5-2-3-6-20/h8-10,16H,2-7,11-13H2,1H3. The van der Waals surface area contributed by atoms with Crippen LogP contribution >= 0.6 is 0 Å². The number of carbonyl (C=O) groups excluding carboxylic acids is 1. The highest BCUT2D eigenvalue weighted by atomic mass is 32.2. The molecule has 0 N–H and O–H groups in total. The van der Waals surface area contributed by atoms with E-state index < -0.39 is 14.6 Å². The van der Waals surface area contributed by atoms with Gasteiger partial charge in [0.2, 0.25) is 0 Å². The van der Waals surface area contributed by atoms with Crippen LogP contribution in [-0.4, -0.2) is 72.3 Å². The molecule has 25 heavy (non-hydrogen) atoms. The lowest BCUT2D eigenvalue weighted by molar-refractivity contribution is 0.0432. The van der Waals surface area contributed by atoms with Gasteiger partial charge in [-0.15, -0.1) is 0 Å². The number of hydrogen-bond acceptors (Lipinski definition) is 5. The fraction of sp³-hybridized carbons (Fsp3) is 0.667. The summed E-state index contributed by atoms with van der Waals surface area (Å²) in [6, 6.07) is 1.81. The Hall–Kier alpha value is -1.47. The molecule has 0 saturated carbocycles. The lowest BCUT2D eigenvalue weighted by Gasteiger charge is -2.50. The van der Waals surface area contributed by atoms with Gasteiger partial charge in [0.05, 0.1) is 11.3 Å². The molecule has 1 aromatic rings. The number of amides is 1. The monoisotopic (exact) mass is 363 g/mol. The van der Waals surface area contributed by atoms with Crippen molar-refractivity contribution in [2.75, 3.05) is 38.5 Å². The van der Waals surface area contributed by atoms with Crippen molar-refractivity contribution in [2.24, 2.45) is 5.92 Å². The Balaban J connectivity index is 1.50. The number of carbonyl (C=O) groups is 1. The maximum Gasteiger partial charge on any atom is 0.255 e. The predicted molar refractivity (Wildman–Crippen MR) is 95.2 cm³/mol. The molecule has 1 atom stereocenters. The van der Waals surface area contributed by atoms with E-state index >= 15 is 0 Å². The molecule has 0 radical (unpaired) electrons. The molecule has 3 aliphatic rings. The molecule has 3 fully saturated rings. The molecule has 6 nitrogen and oxygen atoms in total. The summed E-state index contributed by atoms with van der Waals surface area (Å²) in [5.41, 5.74) is 1.47. The Morgan fingerprint density at radius 3 is 2.68 bits per heavy atom. The molecule has 0 aromatic carbocycles. The highest BCUT2D eigenvalue weighted by Crippen LogP contribution is 2.45. The average Bonchev–Trinajstić information content (AvgIpc) is 3.12. The van der Waals surface area contributed by atoms with E-state index in [1.54, 1.807) is 17.3 Å². The minimum Gasteiger partial charge on any atom is -0.335 e. The summed E-state index contributed by atoms with van der Waals surface area (Å²) < 4.78 is 24.8. The third-order valence-electron chi connectivity index (χ3n) is 6.10. The van der Waals surface area contributed by atoms with Crippen molar-refractivity contribution in [3.63, 3.8) is 0 Å². The second kappa shape index (κ2) is 6.06. The largest absolute Gasteiger partial charge is 0.335 e. The highest BCUT2D eigenvalue weighted by molar-refractivity contribution is 7.93. The van der Waals surface area contributed by atoms with Crippen LogP contribution in [0.4, 0.5) is 0 Å². The van der Waals surface area contributed by atoms with Gasteiger partial charge in [-0.3, -0.25) is 9.78 Å². The van der Waals surface area contributed by atoms with Crippen LogP contribution < -0.4 is 0 Å². The van der Waals surface area contributed by atoms with Crippen LogP contribution in [0.2, 0.25) is 0 Å². The molecule has 0 bridgehead atoms.